The van der Waals surface area contributed by atoms with Gasteiger partial charge in [-0.15, -0.1) is 0 Å². The van der Waals surface area contributed by atoms with Crippen LogP contribution in [0.2, 0.25) is 0 Å². The number of hydrogen-bond donors (Lipinski definition) is 1. The van der Waals surface area contributed by atoms with Gasteiger partial charge < -0.3 is 5.11 Å². The molecule has 1 N–H and O–H groups in total. The summed E-state index contributed by atoms with van der Waals surface area (Å²) in [7, 11) is 0. The molecule has 0 radical (unpaired) electrons. The Hall–Kier alpha value is -2.24. The highest BCUT2D eigenvalue weighted by Crippen LogP contribution is 2.21. The van der Waals surface area contributed by atoms with Gasteiger partial charge in [-0.1, -0.05) is 74.5 Å². The molecule has 5 nitrogen and oxygen atoms in total. The minimum Gasteiger partial charge on any atom is -0.385 e. The maximum absolute atomic E-state index is 11.0. The first-order valence-corrected chi connectivity index (χ1v) is 9.07. The lowest BCUT2D eigenvalue weighted by Gasteiger charge is -2.35. The fraction of sp³-hybridized carbons (Fsp3) is 0.429. The summed E-state index contributed by atoms with van der Waals surface area (Å²) in [5.41, 5.74) is 2.26. The Labute approximate surface area is 155 Å². The van der Waals surface area contributed by atoms with E-state index >= 15 is 0 Å². The molecular weight excluding hydrogens is 328 g/mol. The molecule has 0 bridgehead atoms. The summed E-state index contributed by atoms with van der Waals surface area (Å²) < 4.78 is 0. The standard InChI is InChI=1S/C21H28N2O3/c1-17(2)13-20(21(24)16-23(25)26)22(14-18-9-5-3-6-10-18)15-19-11-7-4-8-12-19/h3-12,17,20-21,24H,13-16H2,1-2H3/t20-,21-/m1/s1. The van der Waals surface area contributed by atoms with E-state index in [-0.39, 0.29) is 6.04 Å². The van der Waals surface area contributed by atoms with Crippen LogP contribution in [0, 0.1) is 16.0 Å². The van der Waals surface area contributed by atoms with E-state index in [9.17, 15) is 15.2 Å². The maximum Gasteiger partial charge on any atom is 0.230 e. The zero-order valence-electron chi connectivity index (χ0n) is 15.5. The number of nitrogens with zero attached hydrogens (tertiary/aromatic N) is 2. The van der Waals surface area contributed by atoms with Gasteiger partial charge in [-0.05, 0) is 23.5 Å². The molecule has 0 spiro atoms. The van der Waals surface area contributed by atoms with Crippen molar-refractivity contribution in [2.45, 2.75) is 45.5 Å². The predicted octanol–water partition coefficient (Wildman–Crippen LogP) is 3.74. The first-order chi connectivity index (χ1) is 12.5. The average Bonchev–Trinajstić information content (AvgIpc) is 2.60. The highest BCUT2D eigenvalue weighted by molar-refractivity contribution is 5.17. The lowest BCUT2D eigenvalue weighted by atomic mass is 9.96. The second-order valence-corrected chi connectivity index (χ2v) is 7.16. The lowest BCUT2D eigenvalue weighted by molar-refractivity contribution is -0.492. The van der Waals surface area contributed by atoms with Crippen LogP contribution in [0.25, 0.3) is 0 Å². The first-order valence-electron chi connectivity index (χ1n) is 9.07. The van der Waals surface area contributed by atoms with Gasteiger partial charge in [-0.2, -0.15) is 0 Å². The van der Waals surface area contributed by atoms with Crippen LogP contribution in [-0.2, 0) is 13.1 Å². The highest BCUT2D eigenvalue weighted by Gasteiger charge is 2.30. The number of benzene rings is 2. The van der Waals surface area contributed by atoms with Crippen molar-refractivity contribution in [2.75, 3.05) is 6.54 Å². The van der Waals surface area contributed by atoms with E-state index in [4.69, 9.17) is 0 Å². The Balaban J connectivity index is 2.28. The molecule has 0 amide bonds. The summed E-state index contributed by atoms with van der Waals surface area (Å²) in [5.74, 6) is 0.329. The highest BCUT2D eigenvalue weighted by atomic mass is 16.6. The molecule has 0 aromatic heterocycles. The molecule has 0 heterocycles. The van der Waals surface area contributed by atoms with Gasteiger partial charge in [-0.3, -0.25) is 15.0 Å². The Kier molecular flexibility index (Phi) is 7.75. The van der Waals surface area contributed by atoms with E-state index in [1.54, 1.807) is 0 Å². The Morgan fingerprint density at radius 1 is 0.962 bits per heavy atom. The number of aliphatic hydroxyl groups excluding tert-OH is 1. The Morgan fingerprint density at radius 3 is 1.81 bits per heavy atom. The molecule has 2 atom stereocenters. The van der Waals surface area contributed by atoms with E-state index in [0.717, 1.165) is 11.1 Å². The Bertz CT molecular complexity index is 620. The fourth-order valence-corrected chi connectivity index (χ4v) is 3.23. The zero-order chi connectivity index (χ0) is 18.9. The second kappa shape index (κ2) is 10.0. The van der Waals surface area contributed by atoms with E-state index in [0.29, 0.717) is 25.4 Å². The SMILES string of the molecule is CC(C)C[C@H]([C@H](O)C[N+](=O)[O-])N(Cc1ccccc1)Cc1ccccc1. The van der Waals surface area contributed by atoms with E-state index in [1.165, 1.54) is 0 Å². The third-order valence-corrected chi connectivity index (χ3v) is 4.42. The van der Waals surface area contributed by atoms with E-state index in [2.05, 4.69) is 18.7 Å². The second-order valence-electron chi connectivity index (χ2n) is 7.16. The molecule has 2 aromatic rings. The summed E-state index contributed by atoms with van der Waals surface area (Å²) in [6, 6.07) is 19.8. The van der Waals surface area contributed by atoms with Gasteiger partial charge in [0.25, 0.3) is 0 Å². The number of nitro groups is 1. The molecule has 0 aliphatic carbocycles. The van der Waals surface area contributed by atoms with Gasteiger partial charge in [0.2, 0.25) is 6.54 Å². The predicted molar refractivity (Wildman–Crippen MR) is 103 cm³/mol. The van der Waals surface area contributed by atoms with Crippen LogP contribution in [0.3, 0.4) is 0 Å². The van der Waals surface area contributed by atoms with Crippen molar-refractivity contribution in [1.29, 1.82) is 0 Å². The van der Waals surface area contributed by atoms with Crippen molar-refractivity contribution in [1.82, 2.24) is 4.90 Å². The molecule has 2 aromatic carbocycles. The monoisotopic (exact) mass is 356 g/mol. The number of aliphatic hydroxyl groups is 1. The molecule has 2 rings (SSSR count). The smallest absolute Gasteiger partial charge is 0.230 e. The number of hydrogen-bond acceptors (Lipinski definition) is 4. The van der Waals surface area contributed by atoms with Gasteiger partial charge in [0.1, 0.15) is 6.10 Å². The number of rotatable bonds is 10. The largest absolute Gasteiger partial charge is 0.385 e. The summed E-state index contributed by atoms with van der Waals surface area (Å²) in [5, 5.41) is 21.5. The van der Waals surface area contributed by atoms with Gasteiger partial charge >= 0.3 is 0 Å². The third-order valence-electron chi connectivity index (χ3n) is 4.42. The molecule has 0 saturated carbocycles. The van der Waals surface area contributed by atoms with Crippen LogP contribution in [0.4, 0.5) is 0 Å². The summed E-state index contributed by atoms with van der Waals surface area (Å²) in [4.78, 5) is 12.7. The van der Waals surface area contributed by atoms with Crippen molar-refractivity contribution in [3.8, 4) is 0 Å². The van der Waals surface area contributed by atoms with Crippen molar-refractivity contribution in [2.24, 2.45) is 5.92 Å². The van der Waals surface area contributed by atoms with Crippen LogP contribution >= 0.6 is 0 Å². The first kappa shape index (κ1) is 20.1. The van der Waals surface area contributed by atoms with Crippen molar-refractivity contribution < 1.29 is 10.0 Å². The fourth-order valence-electron chi connectivity index (χ4n) is 3.23. The van der Waals surface area contributed by atoms with E-state index in [1.807, 2.05) is 60.7 Å². The molecular formula is C21H28N2O3. The van der Waals surface area contributed by atoms with Crippen LogP contribution in [0.5, 0.6) is 0 Å². The minimum atomic E-state index is -1.00. The summed E-state index contributed by atoms with van der Waals surface area (Å²) in [6.45, 7) is 5.01. The van der Waals surface area contributed by atoms with Gasteiger partial charge in [0.05, 0.1) is 0 Å². The lowest BCUT2D eigenvalue weighted by Crippen LogP contribution is -2.46. The molecule has 0 fully saturated rings. The summed E-state index contributed by atoms with van der Waals surface area (Å²) >= 11 is 0. The normalized spacial score (nSPS) is 13.7. The topological polar surface area (TPSA) is 66.6 Å². The Morgan fingerprint density at radius 2 is 1.42 bits per heavy atom. The van der Waals surface area contributed by atoms with Crippen LogP contribution < -0.4 is 0 Å². The molecule has 0 aliphatic rings. The van der Waals surface area contributed by atoms with Gasteiger partial charge in [-0.25, -0.2) is 0 Å². The molecule has 140 valence electrons. The summed E-state index contributed by atoms with van der Waals surface area (Å²) in [6.07, 6.45) is -0.297. The van der Waals surface area contributed by atoms with Gasteiger partial charge in [0, 0.05) is 24.1 Å². The van der Waals surface area contributed by atoms with Crippen LogP contribution in [-0.4, -0.2) is 33.6 Å². The molecule has 0 saturated heterocycles. The maximum atomic E-state index is 11.0. The van der Waals surface area contributed by atoms with Crippen molar-refractivity contribution in [3.63, 3.8) is 0 Å². The van der Waals surface area contributed by atoms with Crippen molar-refractivity contribution in [3.05, 3.63) is 81.9 Å². The van der Waals surface area contributed by atoms with Gasteiger partial charge in [0.15, 0.2) is 0 Å². The minimum absolute atomic E-state index is 0.277. The molecule has 0 unspecified atom stereocenters. The van der Waals surface area contributed by atoms with Crippen LogP contribution in [0.1, 0.15) is 31.4 Å². The molecule has 5 heteroatoms. The van der Waals surface area contributed by atoms with E-state index < -0.39 is 17.6 Å². The third kappa shape index (κ3) is 6.58. The average molecular weight is 356 g/mol. The molecule has 0 aliphatic heterocycles. The van der Waals surface area contributed by atoms with Crippen LogP contribution in [0.15, 0.2) is 60.7 Å². The van der Waals surface area contributed by atoms with Crippen molar-refractivity contribution >= 4 is 0 Å². The zero-order valence-corrected chi connectivity index (χ0v) is 15.5. The molecule has 26 heavy (non-hydrogen) atoms. The quantitative estimate of drug-likeness (QED) is 0.520.